The zero-order valence-electron chi connectivity index (χ0n) is 14.0. The average Bonchev–Trinajstić information content (AvgIpc) is 3.01. The molecular weight excluding hydrogens is 328 g/mol. The fraction of sp³-hybridized carbons (Fsp3) is 0.556. The first-order valence-electron chi connectivity index (χ1n) is 8.39. The third-order valence-corrected chi connectivity index (χ3v) is 5.46. The Morgan fingerprint density at radius 2 is 2.08 bits per heavy atom. The number of likely N-dealkylation sites (tertiary alicyclic amines) is 2. The smallest absolute Gasteiger partial charge is 0.255 e. The number of methoxy groups -OCH3 is 1. The Hall–Kier alpha value is -1.59. The number of hydrogen-bond acceptors (Lipinski definition) is 3. The van der Waals surface area contributed by atoms with E-state index in [0.29, 0.717) is 36.8 Å². The summed E-state index contributed by atoms with van der Waals surface area (Å²) in [6.45, 7) is 3.04. The van der Waals surface area contributed by atoms with Gasteiger partial charge in [-0.25, -0.2) is 0 Å². The number of carbonyl (C=O) groups excluding carboxylic acids is 2. The minimum absolute atomic E-state index is 0.0840. The van der Waals surface area contributed by atoms with Crippen LogP contribution in [0.2, 0.25) is 5.02 Å². The molecular formula is C18H23ClN2O3. The Balaban J connectivity index is 1.73. The Morgan fingerprint density at radius 1 is 1.29 bits per heavy atom. The molecule has 2 fully saturated rings. The monoisotopic (exact) mass is 350 g/mol. The molecule has 3 rings (SSSR count). The number of nitrogens with zero attached hydrogens (tertiary/aromatic N) is 2. The number of halogens is 1. The highest BCUT2D eigenvalue weighted by Crippen LogP contribution is 2.40. The van der Waals surface area contributed by atoms with Gasteiger partial charge in [-0.15, -0.1) is 0 Å². The van der Waals surface area contributed by atoms with Gasteiger partial charge in [0.2, 0.25) is 5.91 Å². The van der Waals surface area contributed by atoms with Crippen LogP contribution >= 0.6 is 11.6 Å². The lowest BCUT2D eigenvalue weighted by atomic mass is 9.78. The third kappa shape index (κ3) is 3.15. The zero-order chi connectivity index (χ0) is 17.2. The third-order valence-electron chi connectivity index (χ3n) is 5.13. The molecule has 24 heavy (non-hydrogen) atoms. The van der Waals surface area contributed by atoms with E-state index in [2.05, 4.69) is 0 Å². The van der Waals surface area contributed by atoms with Crippen LogP contribution in [0.15, 0.2) is 24.3 Å². The fourth-order valence-electron chi connectivity index (χ4n) is 3.80. The molecule has 0 saturated carbocycles. The Morgan fingerprint density at radius 3 is 2.83 bits per heavy atom. The van der Waals surface area contributed by atoms with Crippen LogP contribution in [0.4, 0.5) is 0 Å². The fourth-order valence-corrected chi connectivity index (χ4v) is 4.01. The van der Waals surface area contributed by atoms with Gasteiger partial charge < -0.3 is 14.5 Å². The molecule has 0 aliphatic carbocycles. The maximum atomic E-state index is 12.9. The average molecular weight is 351 g/mol. The summed E-state index contributed by atoms with van der Waals surface area (Å²) >= 11 is 6.15. The first-order valence-corrected chi connectivity index (χ1v) is 8.77. The number of benzene rings is 1. The summed E-state index contributed by atoms with van der Waals surface area (Å²) < 4.78 is 5.10. The molecule has 0 aromatic heterocycles. The number of piperidine rings is 1. The molecule has 1 aromatic carbocycles. The van der Waals surface area contributed by atoms with E-state index in [1.165, 1.54) is 0 Å². The molecule has 2 aliphatic rings. The van der Waals surface area contributed by atoms with Gasteiger partial charge in [-0.3, -0.25) is 9.59 Å². The molecule has 1 spiro atoms. The van der Waals surface area contributed by atoms with E-state index in [9.17, 15) is 9.59 Å². The molecule has 2 aliphatic heterocycles. The van der Waals surface area contributed by atoms with Crippen LogP contribution in [-0.2, 0) is 9.53 Å². The van der Waals surface area contributed by atoms with Gasteiger partial charge in [0, 0.05) is 33.3 Å². The summed E-state index contributed by atoms with van der Waals surface area (Å²) in [7, 11) is 1.64. The van der Waals surface area contributed by atoms with Crippen LogP contribution in [0.3, 0.4) is 0 Å². The van der Waals surface area contributed by atoms with Gasteiger partial charge in [0.05, 0.1) is 22.6 Å². The van der Waals surface area contributed by atoms with E-state index in [1.54, 1.807) is 24.1 Å². The summed E-state index contributed by atoms with van der Waals surface area (Å²) in [5.74, 6) is 0.0829. The van der Waals surface area contributed by atoms with Gasteiger partial charge in [-0.05, 0) is 31.4 Å². The lowest BCUT2D eigenvalue weighted by Crippen LogP contribution is -2.51. The number of amides is 2. The van der Waals surface area contributed by atoms with E-state index in [-0.39, 0.29) is 11.8 Å². The van der Waals surface area contributed by atoms with E-state index < -0.39 is 5.41 Å². The molecule has 2 amide bonds. The molecule has 0 unspecified atom stereocenters. The predicted octanol–water partition coefficient (Wildman–Crippen LogP) is 2.44. The van der Waals surface area contributed by atoms with Crippen molar-refractivity contribution < 1.29 is 14.3 Å². The van der Waals surface area contributed by atoms with Gasteiger partial charge in [0.1, 0.15) is 0 Å². The maximum Gasteiger partial charge on any atom is 0.255 e. The largest absolute Gasteiger partial charge is 0.383 e. The van der Waals surface area contributed by atoms with Gasteiger partial charge >= 0.3 is 0 Å². The van der Waals surface area contributed by atoms with E-state index in [4.69, 9.17) is 16.3 Å². The minimum atomic E-state index is -0.428. The topological polar surface area (TPSA) is 49.9 Å². The van der Waals surface area contributed by atoms with Crippen LogP contribution in [0.25, 0.3) is 0 Å². The van der Waals surface area contributed by atoms with Gasteiger partial charge in [0.25, 0.3) is 5.91 Å². The van der Waals surface area contributed by atoms with Crippen LogP contribution < -0.4 is 0 Å². The number of hydrogen-bond donors (Lipinski definition) is 0. The normalized spacial score (nSPS) is 24.0. The highest BCUT2D eigenvalue weighted by Gasteiger charge is 2.49. The van der Waals surface area contributed by atoms with E-state index in [1.807, 2.05) is 17.0 Å². The molecule has 0 radical (unpaired) electrons. The van der Waals surface area contributed by atoms with Crippen LogP contribution in [0, 0.1) is 5.41 Å². The molecule has 1 aromatic rings. The summed E-state index contributed by atoms with van der Waals surface area (Å²) in [5.41, 5.74) is 0.0822. The molecule has 0 N–H and O–H groups in total. The van der Waals surface area contributed by atoms with Gasteiger partial charge in [-0.1, -0.05) is 23.7 Å². The molecule has 1 atom stereocenters. The maximum absolute atomic E-state index is 12.9. The van der Waals surface area contributed by atoms with Crippen molar-refractivity contribution in [1.82, 2.24) is 9.80 Å². The Labute approximate surface area is 147 Å². The standard InChI is InChI=1S/C18H23ClN2O3/c1-24-12-11-20-9-4-7-18(17(20)23)8-10-21(13-18)16(22)14-5-2-3-6-15(14)19/h2-3,5-6H,4,7-13H2,1H3/t18-/m1/s1. The number of ether oxygens (including phenoxy) is 1. The van der Waals surface area contributed by atoms with Crippen molar-refractivity contribution in [2.75, 3.05) is 39.9 Å². The van der Waals surface area contributed by atoms with Crippen LogP contribution in [-0.4, -0.2) is 61.5 Å². The van der Waals surface area contributed by atoms with Crippen molar-refractivity contribution >= 4 is 23.4 Å². The lowest BCUT2D eigenvalue weighted by Gasteiger charge is -2.39. The van der Waals surface area contributed by atoms with Crippen molar-refractivity contribution in [3.63, 3.8) is 0 Å². The van der Waals surface area contributed by atoms with E-state index in [0.717, 1.165) is 25.8 Å². The second-order valence-corrected chi connectivity index (χ2v) is 7.03. The summed E-state index contributed by atoms with van der Waals surface area (Å²) in [5, 5.41) is 0.458. The second-order valence-electron chi connectivity index (χ2n) is 6.63. The second kappa shape index (κ2) is 7.11. The van der Waals surface area contributed by atoms with Gasteiger partial charge in [-0.2, -0.15) is 0 Å². The molecule has 2 saturated heterocycles. The van der Waals surface area contributed by atoms with Crippen LogP contribution in [0.1, 0.15) is 29.6 Å². The predicted molar refractivity (Wildman–Crippen MR) is 92.1 cm³/mol. The van der Waals surface area contributed by atoms with Crippen molar-refractivity contribution in [1.29, 1.82) is 0 Å². The summed E-state index contributed by atoms with van der Waals surface area (Å²) in [4.78, 5) is 29.3. The molecule has 2 heterocycles. The quantitative estimate of drug-likeness (QED) is 0.838. The number of rotatable bonds is 4. The highest BCUT2D eigenvalue weighted by atomic mass is 35.5. The molecule has 0 bridgehead atoms. The van der Waals surface area contributed by atoms with Crippen molar-refractivity contribution in [2.45, 2.75) is 19.3 Å². The zero-order valence-corrected chi connectivity index (χ0v) is 14.7. The number of carbonyl (C=O) groups is 2. The molecule has 6 heteroatoms. The Kier molecular flexibility index (Phi) is 5.11. The van der Waals surface area contributed by atoms with Crippen molar-refractivity contribution in [2.24, 2.45) is 5.41 Å². The van der Waals surface area contributed by atoms with Crippen molar-refractivity contribution in [3.05, 3.63) is 34.9 Å². The van der Waals surface area contributed by atoms with Crippen molar-refractivity contribution in [3.8, 4) is 0 Å². The molecule has 130 valence electrons. The Bertz CT molecular complexity index is 636. The lowest BCUT2D eigenvalue weighted by molar-refractivity contribution is -0.146. The summed E-state index contributed by atoms with van der Waals surface area (Å²) in [6.07, 6.45) is 2.55. The summed E-state index contributed by atoms with van der Waals surface area (Å²) in [6, 6.07) is 7.08. The molecule has 5 nitrogen and oxygen atoms in total. The first kappa shape index (κ1) is 17.2. The first-order chi connectivity index (χ1) is 11.6. The van der Waals surface area contributed by atoms with E-state index >= 15 is 0 Å². The van der Waals surface area contributed by atoms with Crippen LogP contribution in [0.5, 0.6) is 0 Å². The SMILES string of the molecule is COCCN1CCC[C@]2(CCN(C(=O)c3ccccc3Cl)C2)C1=O. The van der Waals surface area contributed by atoms with Gasteiger partial charge in [0.15, 0.2) is 0 Å². The highest BCUT2D eigenvalue weighted by molar-refractivity contribution is 6.33. The minimum Gasteiger partial charge on any atom is -0.383 e.